The van der Waals surface area contributed by atoms with E-state index in [1.807, 2.05) is 0 Å². The van der Waals surface area contributed by atoms with E-state index < -0.39 is 30.5 Å². The number of carbonyl (C=O) groups is 1. The number of morpholine rings is 1. The number of alkyl halides is 2. The first-order valence-electron chi connectivity index (χ1n) is 8.09. The maximum absolute atomic E-state index is 13.8. The molecule has 3 rings (SSSR count). The van der Waals surface area contributed by atoms with Gasteiger partial charge >= 0.3 is 0 Å². The summed E-state index contributed by atoms with van der Waals surface area (Å²) in [5.41, 5.74) is 0.941. The van der Waals surface area contributed by atoms with Gasteiger partial charge in [0.1, 0.15) is 17.0 Å². The van der Waals surface area contributed by atoms with Gasteiger partial charge < -0.3 is 15.4 Å². The van der Waals surface area contributed by atoms with Gasteiger partial charge in [-0.25, -0.2) is 18.7 Å². The lowest BCUT2D eigenvalue weighted by molar-refractivity contribution is -0.110. The Morgan fingerprint density at radius 1 is 1.30 bits per heavy atom. The number of nitrogens with zero attached hydrogens (tertiary/aromatic N) is 2. The fourth-order valence-electron chi connectivity index (χ4n) is 2.75. The van der Waals surface area contributed by atoms with Crippen LogP contribution >= 0.6 is 11.6 Å². The predicted molar refractivity (Wildman–Crippen MR) is 92.3 cm³/mol. The van der Waals surface area contributed by atoms with Crippen LogP contribution in [-0.4, -0.2) is 48.5 Å². The molecule has 0 radical (unpaired) electrons. The number of amides is 1. The predicted octanol–water partition coefficient (Wildman–Crippen LogP) is 2.59. The maximum Gasteiger partial charge on any atom is 0.269 e. The second kappa shape index (κ2) is 8.20. The highest BCUT2D eigenvalue weighted by atomic mass is 35.5. The maximum atomic E-state index is 13.8. The molecule has 1 amide bonds. The van der Waals surface area contributed by atoms with Gasteiger partial charge in [-0.2, -0.15) is 4.39 Å². The van der Waals surface area contributed by atoms with Gasteiger partial charge in [0.05, 0.1) is 11.8 Å². The van der Waals surface area contributed by atoms with Crippen LogP contribution in [0, 0.1) is 5.95 Å². The number of nitrogens with one attached hydrogen (secondary N) is 2. The van der Waals surface area contributed by atoms with Gasteiger partial charge in [-0.1, -0.05) is 11.6 Å². The quantitative estimate of drug-likeness (QED) is 0.771. The molecule has 1 aliphatic rings. The average molecular weight is 401 g/mol. The smallest absolute Gasteiger partial charge is 0.269 e. The van der Waals surface area contributed by atoms with E-state index in [0.717, 1.165) is 6.07 Å². The molecule has 1 aliphatic heterocycles. The Balaban J connectivity index is 1.96. The van der Waals surface area contributed by atoms with Crippen molar-refractivity contribution in [3.63, 3.8) is 0 Å². The molecule has 0 aromatic carbocycles. The molecular weight excluding hydrogens is 385 g/mol. The molecule has 6 nitrogen and oxygen atoms in total. The van der Waals surface area contributed by atoms with E-state index in [2.05, 4.69) is 20.6 Å². The van der Waals surface area contributed by atoms with Crippen LogP contribution < -0.4 is 10.6 Å². The van der Waals surface area contributed by atoms with E-state index in [1.54, 1.807) is 6.07 Å². The second-order valence-electron chi connectivity index (χ2n) is 5.91. The van der Waals surface area contributed by atoms with Crippen LogP contribution in [0.15, 0.2) is 24.3 Å². The van der Waals surface area contributed by atoms with Gasteiger partial charge in [0, 0.05) is 31.8 Å². The minimum absolute atomic E-state index is 0.0465. The summed E-state index contributed by atoms with van der Waals surface area (Å²) in [4.78, 5) is 19.4. The summed E-state index contributed by atoms with van der Waals surface area (Å²) >= 11 is 6.06. The summed E-state index contributed by atoms with van der Waals surface area (Å²) in [5.74, 6) is -1.42. The highest BCUT2D eigenvalue weighted by Crippen LogP contribution is 2.29. The molecule has 144 valence electrons. The number of hydrogen-bond donors (Lipinski definition) is 2. The van der Waals surface area contributed by atoms with Crippen molar-refractivity contribution in [1.29, 1.82) is 0 Å². The number of aromatic nitrogens is 2. The molecule has 1 saturated heterocycles. The number of hydrogen-bond acceptors (Lipinski definition) is 5. The van der Waals surface area contributed by atoms with Crippen molar-refractivity contribution in [3.05, 3.63) is 46.6 Å². The van der Waals surface area contributed by atoms with E-state index in [1.165, 1.54) is 19.2 Å². The van der Waals surface area contributed by atoms with Crippen LogP contribution in [-0.2, 0) is 4.74 Å². The highest BCUT2D eigenvalue weighted by molar-refractivity contribution is 6.29. The van der Waals surface area contributed by atoms with Gasteiger partial charge in [-0.05, 0) is 23.8 Å². The molecule has 1 fully saturated rings. The molecule has 2 atom stereocenters. The van der Waals surface area contributed by atoms with E-state index in [9.17, 15) is 18.0 Å². The van der Waals surface area contributed by atoms with Crippen LogP contribution in [0.25, 0.3) is 11.3 Å². The lowest BCUT2D eigenvalue weighted by atomic mass is 10.0. The zero-order valence-electron chi connectivity index (χ0n) is 14.2. The Morgan fingerprint density at radius 3 is 2.78 bits per heavy atom. The summed E-state index contributed by atoms with van der Waals surface area (Å²) in [6, 6.07) is 5.54. The van der Waals surface area contributed by atoms with Crippen molar-refractivity contribution < 1.29 is 22.7 Å². The van der Waals surface area contributed by atoms with Crippen LogP contribution in [0.4, 0.5) is 13.2 Å². The molecule has 0 saturated carbocycles. The number of rotatable bonds is 4. The van der Waals surface area contributed by atoms with Crippen LogP contribution in [0.2, 0.25) is 5.15 Å². The monoisotopic (exact) mass is 400 g/mol. The fraction of sp³-hybridized carbons (Fsp3) is 0.353. The van der Waals surface area contributed by atoms with Gasteiger partial charge in [0.25, 0.3) is 12.3 Å². The molecule has 2 aromatic heterocycles. The van der Waals surface area contributed by atoms with Gasteiger partial charge in [-0.3, -0.25) is 4.79 Å². The number of ether oxygens (including phenoxy) is 1. The first kappa shape index (κ1) is 19.5. The van der Waals surface area contributed by atoms with Crippen LogP contribution in [0.3, 0.4) is 0 Å². The Hall–Kier alpha value is -2.23. The molecule has 2 N–H and O–H groups in total. The highest BCUT2D eigenvalue weighted by Gasteiger charge is 2.30. The molecule has 3 heterocycles. The zero-order chi connectivity index (χ0) is 19.6. The largest absolute Gasteiger partial charge is 0.362 e. The van der Waals surface area contributed by atoms with E-state index in [-0.39, 0.29) is 28.6 Å². The number of halogens is 4. The third-order valence-electron chi connectivity index (χ3n) is 4.03. The van der Waals surface area contributed by atoms with E-state index >= 15 is 0 Å². The minimum atomic E-state index is -2.62. The topological polar surface area (TPSA) is 76.1 Å². The van der Waals surface area contributed by atoms with Crippen LogP contribution in [0.5, 0.6) is 0 Å². The zero-order valence-corrected chi connectivity index (χ0v) is 14.9. The Bertz CT molecular complexity index is 853. The first-order valence-corrected chi connectivity index (χ1v) is 8.47. The second-order valence-corrected chi connectivity index (χ2v) is 6.29. The Kier molecular flexibility index (Phi) is 5.93. The lowest BCUT2D eigenvalue weighted by Gasteiger charge is -2.30. The third-order valence-corrected chi connectivity index (χ3v) is 4.23. The Morgan fingerprint density at radius 2 is 2.07 bits per heavy atom. The first-order chi connectivity index (χ1) is 12.9. The SMILES string of the molecule is CNC(=O)c1cc(-c2cc(C3CNCC(C(F)F)O3)cc(Cl)n2)cc(F)n1. The normalized spacial score (nSPS) is 19.9. The lowest BCUT2D eigenvalue weighted by Crippen LogP contribution is -2.44. The van der Waals surface area contributed by atoms with Gasteiger partial charge in [-0.15, -0.1) is 0 Å². The van der Waals surface area contributed by atoms with E-state index in [4.69, 9.17) is 16.3 Å². The van der Waals surface area contributed by atoms with Crippen molar-refractivity contribution in [1.82, 2.24) is 20.6 Å². The summed E-state index contributed by atoms with van der Waals surface area (Å²) in [6.45, 7) is 0.363. The standard InChI is InChI=1S/C17H16ClF3N4O2/c1-22-17(26)11-2-8(5-15(19)25-11)10-3-9(4-14(18)24-10)12-6-23-7-13(27-12)16(20)21/h2-5,12-13,16,23H,6-7H2,1H3,(H,22,26). The molecule has 2 aromatic rings. The van der Waals surface area contributed by atoms with Gasteiger partial charge in [0.2, 0.25) is 5.95 Å². The molecule has 0 aliphatic carbocycles. The summed E-state index contributed by atoms with van der Waals surface area (Å²) < 4.78 is 45.2. The summed E-state index contributed by atoms with van der Waals surface area (Å²) in [7, 11) is 1.40. The number of carbonyl (C=O) groups excluding carboxylic acids is 1. The van der Waals surface area contributed by atoms with Crippen molar-refractivity contribution >= 4 is 17.5 Å². The van der Waals surface area contributed by atoms with Gasteiger partial charge in [0.15, 0.2) is 0 Å². The minimum Gasteiger partial charge on any atom is -0.362 e. The average Bonchev–Trinajstić information content (AvgIpc) is 2.66. The molecule has 2 unspecified atom stereocenters. The molecule has 0 bridgehead atoms. The molecular formula is C17H16ClF3N4O2. The number of pyridine rings is 2. The van der Waals surface area contributed by atoms with Crippen molar-refractivity contribution in [2.24, 2.45) is 0 Å². The van der Waals surface area contributed by atoms with Crippen molar-refractivity contribution in [2.45, 2.75) is 18.6 Å². The Labute approximate surface area is 158 Å². The molecule has 27 heavy (non-hydrogen) atoms. The fourth-order valence-corrected chi connectivity index (χ4v) is 2.97. The third kappa shape index (κ3) is 4.55. The van der Waals surface area contributed by atoms with Crippen molar-refractivity contribution in [2.75, 3.05) is 20.1 Å². The van der Waals surface area contributed by atoms with Crippen molar-refractivity contribution in [3.8, 4) is 11.3 Å². The molecule has 0 spiro atoms. The molecule has 10 heteroatoms. The van der Waals surface area contributed by atoms with Crippen LogP contribution in [0.1, 0.15) is 22.2 Å². The summed E-state index contributed by atoms with van der Waals surface area (Å²) in [6.07, 6.45) is -4.53. The summed E-state index contributed by atoms with van der Waals surface area (Å²) in [5, 5.41) is 5.34. The van der Waals surface area contributed by atoms with E-state index in [0.29, 0.717) is 12.1 Å².